The number of carbonyl (C=O) groups is 1. The van der Waals surface area contributed by atoms with Crippen LogP contribution in [0.1, 0.15) is 36.8 Å². The zero-order valence-corrected chi connectivity index (χ0v) is 12.2. The van der Waals surface area contributed by atoms with Crippen molar-refractivity contribution in [3.8, 4) is 0 Å². The Labute approximate surface area is 112 Å². The topological polar surface area (TPSA) is 55.6 Å². The lowest BCUT2D eigenvalue weighted by Crippen LogP contribution is -2.39. The third kappa shape index (κ3) is 2.61. The summed E-state index contributed by atoms with van der Waals surface area (Å²) >= 11 is 1.58. The van der Waals surface area contributed by atoms with Gasteiger partial charge in [-0.05, 0) is 45.2 Å². The molecule has 0 aromatic carbocycles. The second-order valence-electron chi connectivity index (χ2n) is 5.64. The van der Waals surface area contributed by atoms with Crippen molar-refractivity contribution in [2.75, 3.05) is 12.3 Å². The largest absolute Gasteiger partial charge is 0.444 e. The van der Waals surface area contributed by atoms with E-state index in [9.17, 15) is 4.79 Å². The molecule has 100 valence electrons. The highest BCUT2D eigenvalue weighted by atomic mass is 32.1. The fourth-order valence-electron chi connectivity index (χ4n) is 2.06. The summed E-state index contributed by atoms with van der Waals surface area (Å²) in [6.45, 7) is 9.02. The van der Waals surface area contributed by atoms with Crippen molar-refractivity contribution in [1.82, 2.24) is 4.90 Å². The third-order valence-electron chi connectivity index (χ3n) is 3.01. The van der Waals surface area contributed by atoms with Crippen LogP contribution in [0.25, 0.3) is 0 Å². The Morgan fingerprint density at radius 1 is 1.44 bits per heavy atom. The van der Waals surface area contributed by atoms with Gasteiger partial charge in [0.05, 0.1) is 11.5 Å². The molecule has 0 atom stereocenters. The molecule has 0 spiro atoms. The Balaban J connectivity index is 2.10. The minimum Gasteiger partial charge on any atom is -0.444 e. The van der Waals surface area contributed by atoms with E-state index in [1.165, 1.54) is 16.0 Å². The first-order valence-electron chi connectivity index (χ1n) is 6.12. The number of nitrogens with two attached hydrogens (primary N) is 1. The molecule has 0 saturated heterocycles. The maximum absolute atomic E-state index is 12.0. The number of hydrogen-bond donors (Lipinski definition) is 1. The van der Waals surface area contributed by atoms with Crippen molar-refractivity contribution in [3.63, 3.8) is 0 Å². The fraction of sp³-hybridized carbons (Fsp3) is 0.615. The molecule has 0 saturated carbocycles. The maximum atomic E-state index is 12.0. The Morgan fingerprint density at radius 3 is 2.72 bits per heavy atom. The minimum absolute atomic E-state index is 0.238. The predicted molar refractivity (Wildman–Crippen MR) is 73.8 cm³/mol. The molecule has 1 amide bonds. The summed E-state index contributed by atoms with van der Waals surface area (Å²) in [7, 11) is 0. The number of carbonyl (C=O) groups excluding carboxylic acids is 1. The number of fused-ring (bicyclic) bond motifs is 1. The quantitative estimate of drug-likeness (QED) is 0.787. The van der Waals surface area contributed by atoms with Crippen LogP contribution < -0.4 is 5.73 Å². The molecule has 1 aliphatic heterocycles. The van der Waals surface area contributed by atoms with Gasteiger partial charge in [0.1, 0.15) is 5.60 Å². The van der Waals surface area contributed by atoms with Crippen LogP contribution in [0, 0.1) is 6.92 Å². The molecule has 2 N–H and O–H groups in total. The van der Waals surface area contributed by atoms with Crippen LogP contribution in [-0.2, 0) is 17.7 Å². The number of nitrogens with zero attached hydrogens (tertiary/aromatic N) is 1. The SMILES string of the molecule is Cc1c(N)sc2c1CCN(C(=O)OC(C)(C)C)C2. The lowest BCUT2D eigenvalue weighted by atomic mass is 10.0. The molecule has 0 aliphatic carbocycles. The van der Waals surface area contributed by atoms with Gasteiger partial charge in [0.2, 0.25) is 0 Å². The smallest absolute Gasteiger partial charge is 0.410 e. The van der Waals surface area contributed by atoms with Crippen LogP contribution in [0.15, 0.2) is 0 Å². The van der Waals surface area contributed by atoms with Crippen LogP contribution in [0.5, 0.6) is 0 Å². The Kier molecular flexibility index (Phi) is 3.27. The molecule has 1 aromatic rings. The molecule has 0 fully saturated rings. The first kappa shape index (κ1) is 13.2. The minimum atomic E-state index is -0.443. The van der Waals surface area contributed by atoms with E-state index < -0.39 is 5.60 Å². The van der Waals surface area contributed by atoms with Crippen LogP contribution in [0.4, 0.5) is 9.80 Å². The Bertz CT molecular complexity index is 474. The molecule has 18 heavy (non-hydrogen) atoms. The van der Waals surface area contributed by atoms with Crippen LogP contribution in [-0.4, -0.2) is 23.1 Å². The second-order valence-corrected chi connectivity index (χ2v) is 6.78. The number of nitrogen functional groups attached to an aromatic ring is 1. The van der Waals surface area contributed by atoms with Gasteiger partial charge >= 0.3 is 6.09 Å². The van der Waals surface area contributed by atoms with Gasteiger partial charge < -0.3 is 15.4 Å². The zero-order chi connectivity index (χ0) is 13.5. The van der Waals surface area contributed by atoms with E-state index in [-0.39, 0.29) is 6.09 Å². The molecule has 1 aromatic heterocycles. The molecule has 2 rings (SSSR count). The summed E-state index contributed by atoms with van der Waals surface area (Å²) in [6, 6.07) is 0. The summed E-state index contributed by atoms with van der Waals surface area (Å²) < 4.78 is 5.39. The lowest BCUT2D eigenvalue weighted by Gasteiger charge is -2.30. The van der Waals surface area contributed by atoms with Gasteiger partial charge in [-0.25, -0.2) is 4.79 Å². The van der Waals surface area contributed by atoms with Crippen LogP contribution in [0.2, 0.25) is 0 Å². The Hall–Kier alpha value is -1.23. The van der Waals surface area contributed by atoms with E-state index in [4.69, 9.17) is 10.5 Å². The molecular formula is C13H20N2O2S. The zero-order valence-electron chi connectivity index (χ0n) is 11.4. The first-order chi connectivity index (χ1) is 8.28. The highest BCUT2D eigenvalue weighted by molar-refractivity contribution is 7.16. The van der Waals surface area contributed by atoms with Gasteiger partial charge in [-0.3, -0.25) is 0 Å². The van der Waals surface area contributed by atoms with Crippen molar-refractivity contribution < 1.29 is 9.53 Å². The molecule has 1 aliphatic rings. The van der Waals surface area contributed by atoms with E-state index >= 15 is 0 Å². The van der Waals surface area contributed by atoms with Gasteiger partial charge in [-0.2, -0.15) is 0 Å². The van der Waals surface area contributed by atoms with E-state index in [2.05, 4.69) is 0 Å². The molecule has 5 heteroatoms. The van der Waals surface area contributed by atoms with Gasteiger partial charge in [-0.1, -0.05) is 0 Å². The molecule has 4 nitrogen and oxygen atoms in total. The van der Waals surface area contributed by atoms with Crippen LogP contribution >= 0.6 is 11.3 Å². The number of rotatable bonds is 0. The average Bonchev–Trinajstić information content (AvgIpc) is 2.52. The fourth-order valence-corrected chi connectivity index (χ4v) is 3.21. The summed E-state index contributed by atoms with van der Waals surface area (Å²) in [4.78, 5) is 14.9. The van der Waals surface area contributed by atoms with Crippen LogP contribution in [0.3, 0.4) is 0 Å². The number of amides is 1. The van der Waals surface area contributed by atoms with E-state index in [1.54, 1.807) is 16.2 Å². The number of thiophene rings is 1. The monoisotopic (exact) mass is 268 g/mol. The van der Waals surface area contributed by atoms with Gasteiger partial charge in [-0.15, -0.1) is 11.3 Å². The maximum Gasteiger partial charge on any atom is 0.410 e. The molecule has 2 heterocycles. The molecular weight excluding hydrogens is 248 g/mol. The molecule has 0 radical (unpaired) electrons. The predicted octanol–water partition coefficient (Wildman–Crippen LogP) is 2.93. The normalized spacial score (nSPS) is 15.4. The third-order valence-corrected chi connectivity index (χ3v) is 4.16. The first-order valence-corrected chi connectivity index (χ1v) is 6.94. The summed E-state index contributed by atoms with van der Waals surface area (Å²) in [5.41, 5.74) is 7.98. The summed E-state index contributed by atoms with van der Waals surface area (Å²) in [6.07, 6.45) is 0.631. The van der Waals surface area contributed by atoms with E-state index in [0.29, 0.717) is 13.1 Å². The number of anilines is 1. The number of ether oxygens (including phenoxy) is 1. The summed E-state index contributed by atoms with van der Waals surface area (Å²) in [5, 5.41) is 0.867. The second kappa shape index (κ2) is 4.46. The molecule has 0 bridgehead atoms. The van der Waals surface area contributed by atoms with Crippen molar-refractivity contribution >= 4 is 22.4 Å². The summed E-state index contributed by atoms with van der Waals surface area (Å²) in [5.74, 6) is 0. The lowest BCUT2D eigenvalue weighted by molar-refractivity contribution is 0.0226. The van der Waals surface area contributed by atoms with Gasteiger partial charge in [0.15, 0.2) is 0 Å². The standard InChI is InChI=1S/C13H20N2O2S/c1-8-9-5-6-15(7-10(9)18-11(8)14)12(16)17-13(2,3)4/h5-7,14H2,1-4H3. The highest BCUT2D eigenvalue weighted by Gasteiger charge is 2.27. The van der Waals surface area contributed by atoms with Gasteiger partial charge in [0.25, 0.3) is 0 Å². The van der Waals surface area contributed by atoms with Crippen molar-refractivity contribution in [3.05, 3.63) is 16.0 Å². The highest BCUT2D eigenvalue weighted by Crippen LogP contribution is 2.34. The number of hydrogen-bond acceptors (Lipinski definition) is 4. The molecule has 0 unspecified atom stereocenters. The van der Waals surface area contributed by atoms with Gasteiger partial charge in [0, 0.05) is 11.4 Å². The van der Waals surface area contributed by atoms with E-state index in [1.807, 2.05) is 27.7 Å². The van der Waals surface area contributed by atoms with Crippen molar-refractivity contribution in [2.24, 2.45) is 0 Å². The van der Waals surface area contributed by atoms with Crippen molar-refractivity contribution in [1.29, 1.82) is 0 Å². The van der Waals surface area contributed by atoms with E-state index in [0.717, 1.165) is 11.4 Å². The Morgan fingerprint density at radius 2 is 2.11 bits per heavy atom. The average molecular weight is 268 g/mol. The van der Waals surface area contributed by atoms with Crippen molar-refractivity contribution in [2.45, 2.75) is 46.3 Å².